The Morgan fingerprint density at radius 1 is 1.04 bits per heavy atom. The summed E-state index contributed by atoms with van der Waals surface area (Å²) in [5, 5.41) is 1.00. The summed E-state index contributed by atoms with van der Waals surface area (Å²) < 4.78 is 16.0. The molecular weight excluding hydrogens is 344 g/mol. The van der Waals surface area contributed by atoms with Gasteiger partial charge < -0.3 is 24.9 Å². The van der Waals surface area contributed by atoms with Gasteiger partial charge in [-0.3, -0.25) is 4.79 Å². The quantitative estimate of drug-likeness (QED) is 0.390. The zero-order valence-corrected chi connectivity index (χ0v) is 15.8. The second-order valence-corrected chi connectivity index (χ2v) is 6.12. The van der Waals surface area contributed by atoms with Gasteiger partial charge in [0.15, 0.2) is 17.3 Å². The number of benzene rings is 2. The van der Waals surface area contributed by atoms with E-state index >= 15 is 0 Å². The Bertz CT molecular complexity index is 1010. The number of carbonyl (C=O) groups excluding carboxylic acids is 1. The monoisotopic (exact) mass is 366 g/mol. The molecule has 1 aromatic heterocycles. The molecule has 0 atom stereocenters. The van der Waals surface area contributed by atoms with Crippen LogP contribution in [0.1, 0.15) is 22.8 Å². The maximum atomic E-state index is 12.9. The molecule has 6 nitrogen and oxygen atoms in total. The van der Waals surface area contributed by atoms with E-state index in [1.54, 1.807) is 19.1 Å². The third-order valence-corrected chi connectivity index (χ3v) is 4.39. The molecule has 3 aromatic rings. The summed E-state index contributed by atoms with van der Waals surface area (Å²) in [5.41, 5.74) is 9.39. The fraction of sp³-hybridized carbons (Fsp3) is 0.190. The molecular formula is C21H22N2O4. The highest BCUT2D eigenvalue weighted by Gasteiger charge is 2.18. The van der Waals surface area contributed by atoms with Crippen LogP contribution in [0.25, 0.3) is 17.0 Å². The lowest BCUT2D eigenvalue weighted by atomic mass is 10.0. The lowest BCUT2D eigenvalue weighted by Gasteiger charge is -2.13. The van der Waals surface area contributed by atoms with Crippen molar-refractivity contribution in [2.45, 2.75) is 6.92 Å². The van der Waals surface area contributed by atoms with Gasteiger partial charge in [-0.1, -0.05) is 6.07 Å². The van der Waals surface area contributed by atoms with E-state index in [1.165, 1.54) is 21.3 Å². The number of anilines is 1. The fourth-order valence-electron chi connectivity index (χ4n) is 3.02. The number of H-pyrrole nitrogens is 1. The fourth-order valence-corrected chi connectivity index (χ4v) is 3.02. The van der Waals surface area contributed by atoms with E-state index in [4.69, 9.17) is 19.9 Å². The van der Waals surface area contributed by atoms with E-state index in [0.29, 0.717) is 34.1 Å². The first kappa shape index (κ1) is 18.4. The molecule has 0 unspecified atom stereocenters. The number of allylic oxidation sites excluding steroid dienone is 1. The van der Waals surface area contributed by atoms with Crippen LogP contribution in [0, 0.1) is 0 Å². The summed E-state index contributed by atoms with van der Waals surface area (Å²) in [5.74, 6) is 1.21. The minimum Gasteiger partial charge on any atom is -0.493 e. The van der Waals surface area contributed by atoms with E-state index in [9.17, 15) is 4.79 Å². The second-order valence-electron chi connectivity index (χ2n) is 6.12. The van der Waals surface area contributed by atoms with E-state index in [1.807, 2.05) is 30.5 Å². The SMILES string of the molecule is COc1cc(C(=O)C(C)=Cc2c[nH]c3cc(N)ccc23)cc(OC)c1OC. The third-order valence-electron chi connectivity index (χ3n) is 4.39. The highest BCUT2D eigenvalue weighted by molar-refractivity contribution is 6.12. The number of carbonyl (C=O) groups is 1. The molecule has 6 heteroatoms. The topological polar surface area (TPSA) is 86.6 Å². The van der Waals surface area contributed by atoms with Crippen LogP contribution < -0.4 is 19.9 Å². The van der Waals surface area contributed by atoms with Crippen molar-refractivity contribution in [3.05, 3.63) is 53.2 Å². The minimum atomic E-state index is -0.126. The predicted molar refractivity (Wildman–Crippen MR) is 107 cm³/mol. The van der Waals surface area contributed by atoms with Crippen molar-refractivity contribution < 1.29 is 19.0 Å². The molecule has 0 fully saturated rings. The Hall–Kier alpha value is -3.41. The van der Waals surface area contributed by atoms with Crippen molar-refractivity contribution in [2.24, 2.45) is 0 Å². The number of nitrogens with one attached hydrogen (secondary N) is 1. The summed E-state index contributed by atoms with van der Waals surface area (Å²) >= 11 is 0. The van der Waals surface area contributed by atoms with Crippen molar-refractivity contribution in [2.75, 3.05) is 27.1 Å². The average molecular weight is 366 g/mol. The number of fused-ring (bicyclic) bond motifs is 1. The summed E-state index contributed by atoms with van der Waals surface area (Å²) in [6.45, 7) is 1.78. The molecule has 0 aliphatic carbocycles. The molecule has 0 saturated heterocycles. The van der Waals surface area contributed by atoms with Crippen LogP contribution in [-0.4, -0.2) is 32.1 Å². The Labute approximate surface area is 157 Å². The first-order valence-electron chi connectivity index (χ1n) is 8.38. The Balaban J connectivity index is 2.00. The number of ether oxygens (including phenoxy) is 3. The van der Waals surface area contributed by atoms with E-state index in [0.717, 1.165) is 16.5 Å². The number of hydrogen-bond acceptors (Lipinski definition) is 5. The highest BCUT2D eigenvalue weighted by Crippen LogP contribution is 2.38. The molecule has 27 heavy (non-hydrogen) atoms. The predicted octanol–water partition coefficient (Wildman–Crippen LogP) is 4.06. The molecule has 0 amide bonds. The van der Waals surface area contributed by atoms with Crippen LogP contribution in [0.3, 0.4) is 0 Å². The first-order chi connectivity index (χ1) is 13.0. The third kappa shape index (κ3) is 3.46. The Kier molecular flexibility index (Phi) is 5.07. The van der Waals surface area contributed by atoms with Gasteiger partial charge in [0.25, 0.3) is 0 Å². The van der Waals surface area contributed by atoms with Gasteiger partial charge in [-0.05, 0) is 42.8 Å². The van der Waals surface area contributed by atoms with Crippen molar-refractivity contribution in [3.8, 4) is 17.2 Å². The summed E-state index contributed by atoms with van der Waals surface area (Å²) in [7, 11) is 4.56. The highest BCUT2D eigenvalue weighted by atomic mass is 16.5. The van der Waals surface area contributed by atoms with Gasteiger partial charge >= 0.3 is 0 Å². The number of nitrogen functional groups attached to an aromatic ring is 1. The van der Waals surface area contributed by atoms with Crippen LogP contribution in [0.5, 0.6) is 17.2 Å². The number of Topliss-reactive ketones (excluding diaryl/α,β-unsaturated/α-hetero) is 1. The molecule has 0 radical (unpaired) electrons. The minimum absolute atomic E-state index is 0.126. The summed E-state index contributed by atoms with van der Waals surface area (Å²) in [6, 6.07) is 8.94. The maximum Gasteiger partial charge on any atom is 0.203 e. The van der Waals surface area contributed by atoms with E-state index < -0.39 is 0 Å². The van der Waals surface area contributed by atoms with Crippen molar-refractivity contribution in [3.63, 3.8) is 0 Å². The van der Waals surface area contributed by atoms with Gasteiger partial charge in [0.2, 0.25) is 5.75 Å². The van der Waals surface area contributed by atoms with Gasteiger partial charge in [0.05, 0.1) is 21.3 Å². The van der Waals surface area contributed by atoms with Gasteiger partial charge in [-0.15, -0.1) is 0 Å². The zero-order valence-electron chi connectivity index (χ0n) is 15.8. The van der Waals surface area contributed by atoms with Crippen LogP contribution in [0.4, 0.5) is 5.69 Å². The number of rotatable bonds is 6. The second kappa shape index (κ2) is 7.45. The van der Waals surface area contributed by atoms with Crippen molar-refractivity contribution in [1.82, 2.24) is 4.98 Å². The molecule has 3 rings (SSSR count). The molecule has 0 aliphatic rings. The molecule has 1 heterocycles. The number of aromatic amines is 1. The normalized spacial score (nSPS) is 11.5. The summed E-state index contributed by atoms with van der Waals surface area (Å²) in [4.78, 5) is 16.1. The van der Waals surface area contributed by atoms with Crippen LogP contribution in [0.2, 0.25) is 0 Å². The maximum absolute atomic E-state index is 12.9. The standard InChI is InChI=1S/C21H22N2O4/c1-12(7-14-11-23-17-10-15(22)5-6-16(14)17)20(24)13-8-18(25-2)21(27-4)19(9-13)26-3/h5-11,23H,22H2,1-4H3. The lowest BCUT2D eigenvalue weighted by Crippen LogP contribution is -2.03. The van der Waals surface area contributed by atoms with E-state index in [-0.39, 0.29) is 5.78 Å². The number of aromatic nitrogens is 1. The zero-order chi connectivity index (χ0) is 19.6. The number of nitrogens with two attached hydrogens (primary N) is 1. The Morgan fingerprint density at radius 3 is 2.30 bits per heavy atom. The number of hydrogen-bond donors (Lipinski definition) is 2. The number of ketones is 1. The molecule has 0 spiro atoms. The first-order valence-corrected chi connectivity index (χ1v) is 8.38. The lowest BCUT2D eigenvalue weighted by molar-refractivity contribution is 0.103. The van der Waals surface area contributed by atoms with Crippen molar-refractivity contribution >= 4 is 28.4 Å². The smallest absolute Gasteiger partial charge is 0.203 e. The largest absolute Gasteiger partial charge is 0.493 e. The Morgan fingerprint density at radius 2 is 1.70 bits per heavy atom. The van der Waals surface area contributed by atoms with Gasteiger partial charge in [0, 0.05) is 33.9 Å². The van der Waals surface area contributed by atoms with Crippen LogP contribution >= 0.6 is 0 Å². The van der Waals surface area contributed by atoms with Gasteiger partial charge in [-0.2, -0.15) is 0 Å². The van der Waals surface area contributed by atoms with Crippen LogP contribution in [0.15, 0.2) is 42.1 Å². The molecule has 3 N–H and O–H groups in total. The molecule has 0 aliphatic heterocycles. The van der Waals surface area contributed by atoms with Crippen LogP contribution in [-0.2, 0) is 0 Å². The summed E-state index contributed by atoms with van der Waals surface area (Å²) in [6.07, 6.45) is 3.70. The molecule has 2 aromatic carbocycles. The van der Waals surface area contributed by atoms with Gasteiger partial charge in [-0.25, -0.2) is 0 Å². The van der Waals surface area contributed by atoms with E-state index in [2.05, 4.69) is 4.98 Å². The molecule has 140 valence electrons. The molecule has 0 bridgehead atoms. The number of methoxy groups -OCH3 is 3. The average Bonchev–Trinajstić information content (AvgIpc) is 3.07. The molecule has 0 saturated carbocycles. The van der Waals surface area contributed by atoms with Crippen molar-refractivity contribution in [1.29, 1.82) is 0 Å². The van der Waals surface area contributed by atoms with Gasteiger partial charge in [0.1, 0.15) is 0 Å².